The number of quaternary nitrogens is 1. The lowest BCUT2D eigenvalue weighted by Crippen LogP contribution is -2.99. The molecule has 1 atom stereocenters. The van der Waals surface area contributed by atoms with Gasteiger partial charge in [-0.05, 0) is 12.5 Å². The third kappa shape index (κ3) is 3.57. The van der Waals surface area contributed by atoms with E-state index in [1.165, 1.54) is 5.32 Å². The van der Waals surface area contributed by atoms with Gasteiger partial charge in [0, 0.05) is 17.8 Å². The molecule has 0 saturated carbocycles. The summed E-state index contributed by atoms with van der Waals surface area (Å²) in [7, 11) is 0. The van der Waals surface area contributed by atoms with Crippen LogP contribution in [0.4, 0.5) is 37.7 Å². The molecule has 0 radical (unpaired) electrons. The van der Waals surface area contributed by atoms with Gasteiger partial charge in [-0.1, -0.05) is 13.0 Å². The minimum atomic E-state index is -5.87. The Labute approximate surface area is 126 Å². The second-order valence-electron chi connectivity index (χ2n) is 4.59. The fourth-order valence-corrected chi connectivity index (χ4v) is 1.95. The molecule has 3 N–H and O–H groups in total. The molecule has 0 aliphatic rings. The predicted molar refractivity (Wildman–Crippen MR) is 65.7 cm³/mol. The topological polar surface area (TPSA) is 76.8 Å². The van der Waals surface area contributed by atoms with Crippen molar-refractivity contribution in [1.29, 1.82) is 0 Å². The number of amides is 1. The zero-order valence-electron chi connectivity index (χ0n) is 11.5. The first-order valence-electron chi connectivity index (χ1n) is 6.15. The molecule has 0 aromatic heterocycles. The van der Waals surface area contributed by atoms with Crippen LogP contribution >= 0.6 is 0 Å². The van der Waals surface area contributed by atoms with Crippen LogP contribution in [-0.4, -0.2) is 23.5 Å². The van der Waals surface area contributed by atoms with Gasteiger partial charge in [0.25, 0.3) is 0 Å². The lowest BCUT2D eigenvalue weighted by Gasteiger charge is -2.34. The molecule has 1 unspecified atom stereocenters. The molecule has 0 spiro atoms. The molecule has 0 aliphatic carbocycles. The van der Waals surface area contributed by atoms with Crippen molar-refractivity contribution in [3.05, 3.63) is 29.5 Å². The minimum Gasteiger partial charge on any atom is -0.595 e. The molecular formula is C12H12F6N2O3. The van der Waals surface area contributed by atoms with Crippen LogP contribution in [0.2, 0.25) is 0 Å². The second kappa shape index (κ2) is 6.34. The predicted octanol–water partition coefficient (Wildman–Crippen LogP) is 2.55. The molecule has 23 heavy (non-hydrogen) atoms. The molecule has 1 aromatic carbocycles. The standard InChI is InChI=1S/C12H12F6N2O3/c1-2-10(11(13,14)15,12(16,17)18)9(21)19-7-4-3-5-8(6-7)20(22)23/h3-6,20,22H,2H2,1H3,(H,19,21). The lowest BCUT2D eigenvalue weighted by atomic mass is 9.82. The Bertz CT molecular complexity index is 557. The molecule has 1 rings (SSSR count). The summed E-state index contributed by atoms with van der Waals surface area (Å²) < 4.78 is 77.7. The molecule has 1 amide bonds. The van der Waals surface area contributed by atoms with Crippen molar-refractivity contribution in [2.24, 2.45) is 5.41 Å². The molecule has 0 bridgehead atoms. The number of anilines is 1. The second-order valence-corrected chi connectivity index (χ2v) is 4.59. The number of carbonyl (C=O) groups is 1. The van der Waals surface area contributed by atoms with Crippen molar-refractivity contribution in [2.75, 3.05) is 5.32 Å². The number of alkyl halides is 6. The zero-order chi connectivity index (χ0) is 18.1. The SMILES string of the molecule is CCC(C(=O)Nc1cccc([NH+]([O-])O)c1)(C(F)(F)F)C(F)(F)F. The average molecular weight is 346 g/mol. The van der Waals surface area contributed by atoms with E-state index in [9.17, 15) is 36.3 Å². The molecule has 5 nitrogen and oxygen atoms in total. The molecule has 130 valence electrons. The van der Waals surface area contributed by atoms with Crippen molar-refractivity contribution in [2.45, 2.75) is 25.7 Å². The number of carbonyl (C=O) groups excluding carboxylic acids is 1. The molecule has 0 saturated heterocycles. The Morgan fingerprint density at radius 1 is 1.22 bits per heavy atom. The molecule has 1 aromatic rings. The first kappa shape index (κ1) is 19.2. The fourth-order valence-electron chi connectivity index (χ4n) is 1.95. The van der Waals surface area contributed by atoms with E-state index in [0.29, 0.717) is 6.92 Å². The van der Waals surface area contributed by atoms with Gasteiger partial charge < -0.3 is 10.5 Å². The van der Waals surface area contributed by atoms with Gasteiger partial charge in [-0.25, -0.2) is 5.21 Å². The van der Waals surface area contributed by atoms with Crippen molar-refractivity contribution in [1.82, 2.24) is 0 Å². The average Bonchev–Trinajstić information content (AvgIpc) is 2.36. The van der Waals surface area contributed by atoms with E-state index >= 15 is 0 Å². The van der Waals surface area contributed by atoms with Gasteiger partial charge >= 0.3 is 12.4 Å². The van der Waals surface area contributed by atoms with Crippen LogP contribution in [0.25, 0.3) is 0 Å². The Morgan fingerprint density at radius 3 is 2.13 bits per heavy atom. The largest absolute Gasteiger partial charge is 0.595 e. The molecular weight excluding hydrogens is 334 g/mol. The first-order chi connectivity index (χ1) is 10.4. The van der Waals surface area contributed by atoms with Crippen LogP contribution in [-0.2, 0) is 4.79 Å². The number of rotatable bonds is 4. The first-order valence-corrected chi connectivity index (χ1v) is 6.15. The van der Waals surface area contributed by atoms with E-state index in [-0.39, 0.29) is 0 Å². The number of benzene rings is 1. The smallest absolute Gasteiger partial charge is 0.412 e. The Hall–Kier alpha value is -1.85. The highest BCUT2D eigenvalue weighted by atomic mass is 19.4. The summed E-state index contributed by atoms with van der Waals surface area (Å²) in [4.78, 5) is 11.7. The van der Waals surface area contributed by atoms with E-state index in [2.05, 4.69) is 0 Å². The third-order valence-corrected chi connectivity index (χ3v) is 3.25. The summed E-state index contributed by atoms with van der Waals surface area (Å²) in [5.41, 5.74) is -5.47. The van der Waals surface area contributed by atoms with Crippen molar-refractivity contribution < 1.29 is 41.6 Å². The van der Waals surface area contributed by atoms with Crippen LogP contribution in [0.5, 0.6) is 0 Å². The van der Waals surface area contributed by atoms with Gasteiger partial charge in [0.15, 0.2) is 5.69 Å². The molecule has 0 fully saturated rings. The van der Waals surface area contributed by atoms with Gasteiger partial charge in [-0.15, -0.1) is 0 Å². The summed E-state index contributed by atoms with van der Waals surface area (Å²) in [5.74, 6) is -2.32. The van der Waals surface area contributed by atoms with Crippen LogP contribution in [0.1, 0.15) is 13.3 Å². The normalized spacial score (nSPS) is 14.5. The highest BCUT2D eigenvalue weighted by Crippen LogP contribution is 2.53. The maximum Gasteiger partial charge on any atom is 0.412 e. The Kier molecular flexibility index (Phi) is 5.29. The van der Waals surface area contributed by atoms with Gasteiger partial charge in [-0.2, -0.15) is 31.6 Å². The zero-order valence-corrected chi connectivity index (χ0v) is 11.5. The van der Waals surface area contributed by atoms with E-state index in [1.54, 1.807) is 0 Å². The van der Waals surface area contributed by atoms with E-state index in [4.69, 9.17) is 5.21 Å². The van der Waals surface area contributed by atoms with Crippen LogP contribution in [0, 0.1) is 10.6 Å². The maximum atomic E-state index is 13.0. The highest BCUT2D eigenvalue weighted by Gasteiger charge is 2.74. The summed E-state index contributed by atoms with van der Waals surface area (Å²) >= 11 is 0. The Balaban J connectivity index is 3.25. The van der Waals surface area contributed by atoms with Gasteiger partial charge in [0.2, 0.25) is 11.3 Å². The summed E-state index contributed by atoms with van der Waals surface area (Å²) in [5, 5.41) is 19.5. The van der Waals surface area contributed by atoms with Gasteiger partial charge in [0.05, 0.1) is 0 Å². The van der Waals surface area contributed by atoms with Crippen molar-refractivity contribution in [3.63, 3.8) is 0 Å². The van der Waals surface area contributed by atoms with Crippen molar-refractivity contribution >= 4 is 17.3 Å². The number of nitrogens with one attached hydrogen (secondary N) is 2. The van der Waals surface area contributed by atoms with E-state index < -0.39 is 46.7 Å². The number of hydrogen-bond donors (Lipinski definition) is 3. The number of halogens is 6. The van der Waals surface area contributed by atoms with Crippen LogP contribution in [0.15, 0.2) is 24.3 Å². The summed E-state index contributed by atoms with van der Waals surface area (Å²) in [6.07, 6.45) is -13.3. The lowest BCUT2D eigenvalue weighted by molar-refractivity contribution is -0.991. The molecule has 0 heterocycles. The quantitative estimate of drug-likeness (QED) is 0.579. The molecule has 0 aliphatic heterocycles. The molecule has 11 heteroatoms. The third-order valence-electron chi connectivity index (χ3n) is 3.25. The number of hydrogen-bond acceptors (Lipinski definition) is 3. The van der Waals surface area contributed by atoms with Gasteiger partial charge in [-0.3, -0.25) is 4.79 Å². The van der Waals surface area contributed by atoms with E-state index in [1.807, 2.05) is 0 Å². The maximum absolute atomic E-state index is 13.0. The minimum absolute atomic E-state index is 0.399. The monoisotopic (exact) mass is 346 g/mol. The van der Waals surface area contributed by atoms with Crippen LogP contribution < -0.4 is 10.5 Å². The van der Waals surface area contributed by atoms with E-state index in [0.717, 1.165) is 24.3 Å². The Morgan fingerprint density at radius 2 is 1.74 bits per heavy atom. The van der Waals surface area contributed by atoms with Crippen molar-refractivity contribution in [3.8, 4) is 0 Å². The fraction of sp³-hybridized carbons (Fsp3) is 0.417. The van der Waals surface area contributed by atoms with Gasteiger partial charge in [0.1, 0.15) is 0 Å². The van der Waals surface area contributed by atoms with Crippen LogP contribution in [0.3, 0.4) is 0 Å². The summed E-state index contributed by atoms with van der Waals surface area (Å²) in [6, 6.07) is 3.89. The highest BCUT2D eigenvalue weighted by molar-refractivity contribution is 5.96. The summed E-state index contributed by atoms with van der Waals surface area (Å²) in [6.45, 7) is 0.591.